The highest BCUT2D eigenvalue weighted by molar-refractivity contribution is 7.17. The van der Waals surface area contributed by atoms with Crippen LogP contribution in [0.15, 0.2) is 48.5 Å². The molecule has 1 amide bonds. The van der Waals surface area contributed by atoms with Crippen LogP contribution in [0.4, 0.5) is 5.69 Å². The highest BCUT2D eigenvalue weighted by Crippen LogP contribution is 2.44. The summed E-state index contributed by atoms with van der Waals surface area (Å²) in [5.74, 6) is 1.75. The number of amides is 1. The summed E-state index contributed by atoms with van der Waals surface area (Å²) in [6.45, 7) is 7.93. The molecule has 1 aliphatic rings. The first kappa shape index (κ1) is 19.5. The lowest BCUT2D eigenvalue weighted by Gasteiger charge is -2.22. The normalized spacial score (nSPS) is 12.0. The summed E-state index contributed by atoms with van der Waals surface area (Å²) in [5, 5.41) is 0. The highest BCUT2D eigenvalue weighted by atomic mass is 32.1. The van der Waals surface area contributed by atoms with Crippen LogP contribution in [0.3, 0.4) is 0 Å². The van der Waals surface area contributed by atoms with Gasteiger partial charge in [-0.15, -0.1) is 11.3 Å². The average Bonchev–Trinajstić information content (AvgIpc) is 3.17. The Balaban J connectivity index is 1.67. The number of anilines is 1. The Bertz CT molecular complexity index is 1020. The number of nitrogens with zero attached hydrogens (tertiary/aromatic N) is 1. The number of aryl methyl sites for hydroxylation is 1. The van der Waals surface area contributed by atoms with E-state index < -0.39 is 0 Å². The Morgan fingerprint density at radius 2 is 1.97 bits per heavy atom. The number of carbonyl (C=O) groups is 1. The summed E-state index contributed by atoms with van der Waals surface area (Å²) in [6.07, 6.45) is 0.884. The van der Waals surface area contributed by atoms with E-state index in [1.807, 2.05) is 54.3 Å². The Morgan fingerprint density at radius 3 is 2.69 bits per heavy atom. The van der Waals surface area contributed by atoms with E-state index in [1.54, 1.807) is 11.3 Å². The monoisotopic (exact) mass is 407 g/mol. The van der Waals surface area contributed by atoms with Gasteiger partial charge in [0, 0.05) is 28.2 Å². The molecule has 0 saturated heterocycles. The van der Waals surface area contributed by atoms with E-state index in [9.17, 15) is 4.79 Å². The molecular weight excluding hydrogens is 382 g/mol. The number of thiophene rings is 1. The summed E-state index contributed by atoms with van der Waals surface area (Å²) in [7, 11) is 0. The van der Waals surface area contributed by atoms with Gasteiger partial charge in [-0.1, -0.05) is 19.1 Å². The Morgan fingerprint density at radius 1 is 1.17 bits per heavy atom. The molecule has 5 heteroatoms. The van der Waals surface area contributed by atoms with Crippen LogP contribution in [0.5, 0.6) is 11.5 Å². The van der Waals surface area contributed by atoms with Crippen molar-refractivity contribution >= 4 is 22.9 Å². The predicted molar refractivity (Wildman–Crippen MR) is 118 cm³/mol. The van der Waals surface area contributed by atoms with Gasteiger partial charge in [0.1, 0.15) is 18.1 Å². The molecule has 150 valence electrons. The minimum atomic E-state index is 0.0329. The molecule has 4 rings (SSSR count). The van der Waals surface area contributed by atoms with Crippen LogP contribution >= 0.6 is 11.3 Å². The second kappa shape index (κ2) is 8.29. The van der Waals surface area contributed by atoms with Crippen molar-refractivity contribution in [3.05, 3.63) is 64.5 Å². The third-order valence-corrected chi connectivity index (χ3v) is 6.20. The van der Waals surface area contributed by atoms with Gasteiger partial charge in [0.05, 0.1) is 11.5 Å². The van der Waals surface area contributed by atoms with Gasteiger partial charge in [-0.05, 0) is 62.2 Å². The minimum absolute atomic E-state index is 0.0329. The summed E-state index contributed by atoms with van der Waals surface area (Å²) < 4.78 is 11.5. The fourth-order valence-corrected chi connectivity index (χ4v) is 4.89. The van der Waals surface area contributed by atoms with Crippen molar-refractivity contribution in [3.8, 4) is 21.9 Å². The van der Waals surface area contributed by atoms with E-state index >= 15 is 0 Å². The molecule has 4 nitrogen and oxygen atoms in total. The smallest absolute Gasteiger partial charge is 0.268 e. The molecular formula is C24H25NO3S. The Hall–Kier alpha value is -2.79. The minimum Gasteiger partial charge on any atom is -0.494 e. The van der Waals surface area contributed by atoms with E-state index in [0.717, 1.165) is 44.5 Å². The first-order valence-electron chi connectivity index (χ1n) is 10.0. The molecule has 0 saturated carbocycles. The second-order valence-corrected chi connectivity index (χ2v) is 8.14. The molecule has 0 bridgehead atoms. The Labute approximate surface area is 175 Å². The van der Waals surface area contributed by atoms with Gasteiger partial charge in [-0.25, -0.2) is 0 Å². The molecule has 0 unspecified atom stereocenters. The molecule has 2 aromatic carbocycles. The van der Waals surface area contributed by atoms with Crippen LogP contribution in [-0.4, -0.2) is 19.1 Å². The summed E-state index contributed by atoms with van der Waals surface area (Å²) in [6, 6.07) is 15.8. The lowest BCUT2D eigenvalue weighted by molar-refractivity contribution is 0.0990. The maximum atomic E-state index is 13.4. The van der Waals surface area contributed by atoms with Gasteiger partial charge < -0.3 is 14.4 Å². The van der Waals surface area contributed by atoms with Crippen molar-refractivity contribution in [1.29, 1.82) is 0 Å². The number of benzene rings is 2. The topological polar surface area (TPSA) is 38.8 Å². The molecule has 3 aromatic rings. The largest absolute Gasteiger partial charge is 0.494 e. The SMILES string of the molecule is CCCN(C(=O)c1cc2c(s1)-c1c(C)cccc1OC2)c1ccc(OCC)cc1. The van der Waals surface area contributed by atoms with Gasteiger partial charge in [0.25, 0.3) is 5.91 Å². The van der Waals surface area contributed by atoms with Crippen LogP contribution in [0.25, 0.3) is 10.4 Å². The standard InChI is InChI=1S/C24H25NO3S/c1-4-13-25(18-9-11-19(12-10-18)27-5-2)24(26)21-14-17-15-28-20-8-6-7-16(3)22(20)23(17)29-21/h6-12,14H,4-5,13,15H2,1-3H3. The molecule has 0 N–H and O–H groups in total. The quantitative estimate of drug-likeness (QED) is 0.498. The third kappa shape index (κ3) is 3.75. The van der Waals surface area contributed by atoms with Crippen molar-refractivity contribution in [2.45, 2.75) is 33.8 Å². The van der Waals surface area contributed by atoms with E-state index in [1.165, 1.54) is 5.56 Å². The Kier molecular flexibility index (Phi) is 5.58. The number of hydrogen-bond donors (Lipinski definition) is 0. The zero-order valence-electron chi connectivity index (χ0n) is 17.0. The van der Waals surface area contributed by atoms with Crippen LogP contribution in [-0.2, 0) is 6.61 Å². The molecule has 0 spiro atoms. The molecule has 0 radical (unpaired) electrons. The fraction of sp³-hybridized carbons (Fsp3) is 0.292. The molecule has 1 aliphatic heterocycles. The number of ether oxygens (including phenoxy) is 2. The summed E-state index contributed by atoms with van der Waals surface area (Å²) >= 11 is 1.56. The number of fused-ring (bicyclic) bond motifs is 3. The molecule has 1 aromatic heterocycles. The first-order chi connectivity index (χ1) is 14.1. The molecule has 2 heterocycles. The molecule has 0 aliphatic carbocycles. The summed E-state index contributed by atoms with van der Waals surface area (Å²) in [5.41, 5.74) is 4.25. The molecule has 0 fully saturated rings. The van der Waals surface area contributed by atoms with Gasteiger partial charge in [0.15, 0.2) is 0 Å². The highest BCUT2D eigenvalue weighted by Gasteiger charge is 2.26. The van der Waals surface area contributed by atoms with Crippen molar-refractivity contribution in [3.63, 3.8) is 0 Å². The zero-order valence-corrected chi connectivity index (χ0v) is 17.8. The van der Waals surface area contributed by atoms with Gasteiger partial charge in [-0.2, -0.15) is 0 Å². The molecule has 0 atom stereocenters. The van der Waals surface area contributed by atoms with Crippen molar-refractivity contribution in [1.82, 2.24) is 0 Å². The zero-order chi connectivity index (χ0) is 20.4. The van der Waals surface area contributed by atoms with Crippen molar-refractivity contribution in [2.75, 3.05) is 18.1 Å². The van der Waals surface area contributed by atoms with E-state index in [2.05, 4.69) is 19.9 Å². The summed E-state index contributed by atoms with van der Waals surface area (Å²) in [4.78, 5) is 17.2. The van der Waals surface area contributed by atoms with E-state index in [0.29, 0.717) is 19.8 Å². The van der Waals surface area contributed by atoms with E-state index in [-0.39, 0.29) is 5.91 Å². The van der Waals surface area contributed by atoms with Crippen LogP contribution < -0.4 is 14.4 Å². The van der Waals surface area contributed by atoms with Crippen molar-refractivity contribution in [2.24, 2.45) is 0 Å². The predicted octanol–water partition coefficient (Wildman–Crippen LogP) is 6.07. The third-order valence-electron chi connectivity index (χ3n) is 5.02. The average molecular weight is 408 g/mol. The van der Waals surface area contributed by atoms with Crippen LogP contribution in [0.2, 0.25) is 0 Å². The first-order valence-corrected chi connectivity index (χ1v) is 10.8. The fourth-order valence-electron chi connectivity index (χ4n) is 3.65. The number of rotatable bonds is 6. The molecule has 29 heavy (non-hydrogen) atoms. The van der Waals surface area contributed by atoms with Gasteiger partial charge in [0.2, 0.25) is 0 Å². The van der Waals surface area contributed by atoms with Crippen LogP contribution in [0, 0.1) is 6.92 Å². The lowest BCUT2D eigenvalue weighted by atomic mass is 10.0. The second-order valence-electron chi connectivity index (χ2n) is 7.09. The van der Waals surface area contributed by atoms with E-state index in [4.69, 9.17) is 9.47 Å². The maximum Gasteiger partial charge on any atom is 0.268 e. The maximum absolute atomic E-state index is 13.4. The van der Waals surface area contributed by atoms with Gasteiger partial charge in [-0.3, -0.25) is 4.79 Å². The number of carbonyl (C=O) groups excluding carboxylic acids is 1. The van der Waals surface area contributed by atoms with Crippen molar-refractivity contribution < 1.29 is 14.3 Å². The number of hydrogen-bond acceptors (Lipinski definition) is 4. The van der Waals surface area contributed by atoms with Gasteiger partial charge >= 0.3 is 0 Å². The lowest BCUT2D eigenvalue weighted by Crippen LogP contribution is -2.31. The van der Waals surface area contributed by atoms with Crippen LogP contribution in [0.1, 0.15) is 41.1 Å².